The maximum atomic E-state index is 13.2. The van der Waals surface area contributed by atoms with Crippen LogP contribution in [0.1, 0.15) is 12.0 Å². The van der Waals surface area contributed by atoms with Crippen LogP contribution in [0, 0.1) is 0 Å². The predicted octanol–water partition coefficient (Wildman–Crippen LogP) is 3.76. The summed E-state index contributed by atoms with van der Waals surface area (Å²) >= 11 is 0. The molecular weight excluding hydrogens is 390 g/mol. The van der Waals surface area contributed by atoms with Crippen molar-refractivity contribution in [3.8, 4) is 11.5 Å². The van der Waals surface area contributed by atoms with Gasteiger partial charge in [-0.2, -0.15) is 0 Å². The van der Waals surface area contributed by atoms with Crippen LogP contribution in [-0.2, 0) is 21.1 Å². The molecule has 0 aliphatic heterocycles. The summed E-state index contributed by atoms with van der Waals surface area (Å²) in [6, 6.07) is 24.3. The van der Waals surface area contributed by atoms with Crippen LogP contribution in [0.5, 0.6) is 11.5 Å². The number of hydrogen-bond donors (Lipinski definition) is 2. The standard InChI is InChI=1S/C22H21NO5S/c24-22(23-25)16-21(15-17-7-3-1-4-8-17)29(26,27)20-13-11-19(12-14-20)28-18-9-5-2-6-10-18/h1-14,21,25H,15-16H2,(H,23,24). The van der Waals surface area contributed by atoms with Gasteiger partial charge in [0.05, 0.1) is 10.1 Å². The van der Waals surface area contributed by atoms with Gasteiger partial charge in [-0.25, -0.2) is 13.9 Å². The van der Waals surface area contributed by atoms with Crippen LogP contribution in [0.15, 0.2) is 89.8 Å². The van der Waals surface area contributed by atoms with Crippen LogP contribution < -0.4 is 10.2 Å². The second-order valence-electron chi connectivity index (χ2n) is 6.48. The fraction of sp³-hybridized carbons (Fsp3) is 0.136. The zero-order chi connectivity index (χ0) is 20.7. The number of nitrogens with one attached hydrogen (secondary N) is 1. The average Bonchev–Trinajstić information content (AvgIpc) is 2.75. The normalized spacial score (nSPS) is 12.2. The maximum Gasteiger partial charge on any atom is 0.244 e. The topological polar surface area (TPSA) is 92.7 Å². The number of carbonyl (C=O) groups excluding carboxylic acids is 1. The van der Waals surface area contributed by atoms with E-state index >= 15 is 0 Å². The minimum Gasteiger partial charge on any atom is -0.457 e. The van der Waals surface area contributed by atoms with Crippen molar-refractivity contribution < 1.29 is 23.2 Å². The summed E-state index contributed by atoms with van der Waals surface area (Å²) in [4.78, 5) is 11.8. The van der Waals surface area contributed by atoms with E-state index in [2.05, 4.69) is 0 Å². The quantitative estimate of drug-likeness (QED) is 0.435. The Morgan fingerprint density at radius 3 is 2.00 bits per heavy atom. The third-order valence-electron chi connectivity index (χ3n) is 4.41. The van der Waals surface area contributed by atoms with Crippen LogP contribution in [0.3, 0.4) is 0 Å². The average molecular weight is 411 g/mol. The van der Waals surface area contributed by atoms with Gasteiger partial charge in [0.15, 0.2) is 9.84 Å². The molecule has 0 aliphatic rings. The number of rotatable bonds is 8. The highest BCUT2D eigenvalue weighted by Crippen LogP contribution is 2.26. The zero-order valence-corrected chi connectivity index (χ0v) is 16.4. The molecule has 3 aromatic carbocycles. The first-order valence-corrected chi connectivity index (χ1v) is 10.6. The molecule has 1 amide bonds. The Balaban J connectivity index is 1.83. The number of ether oxygens (including phenoxy) is 1. The van der Waals surface area contributed by atoms with Crippen molar-refractivity contribution in [2.75, 3.05) is 0 Å². The van der Waals surface area contributed by atoms with E-state index in [-0.39, 0.29) is 17.7 Å². The first kappa shape index (κ1) is 20.6. The van der Waals surface area contributed by atoms with Crippen LogP contribution in [0.4, 0.5) is 0 Å². The van der Waals surface area contributed by atoms with E-state index in [0.29, 0.717) is 11.5 Å². The van der Waals surface area contributed by atoms with Crippen LogP contribution in [-0.4, -0.2) is 24.8 Å². The molecule has 150 valence electrons. The highest BCUT2D eigenvalue weighted by Gasteiger charge is 2.30. The molecule has 0 saturated heterocycles. The fourth-order valence-electron chi connectivity index (χ4n) is 2.94. The van der Waals surface area contributed by atoms with Crippen molar-refractivity contribution in [3.63, 3.8) is 0 Å². The third-order valence-corrected chi connectivity index (χ3v) is 6.55. The Labute approximate surface area is 169 Å². The van der Waals surface area contributed by atoms with Gasteiger partial charge in [-0.05, 0) is 48.4 Å². The molecular formula is C22H21NO5S. The highest BCUT2D eigenvalue weighted by molar-refractivity contribution is 7.92. The summed E-state index contributed by atoms with van der Waals surface area (Å²) in [5.41, 5.74) is 2.31. The molecule has 0 aromatic heterocycles. The van der Waals surface area contributed by atoms with E-state index in [4.69, 9.17) is 9.94 Å². The first-order chi connectivity index (χ1) is 14.0. The molecule has 0 saturated carbocycles. The summed E-state index contributed by atoms with van der Waals surface area (Å²) in [7, 11) is -3.82. The lowest BCUT2D eigenvalue weighted by Crippen LogP contribution is -2.31. The van der Waals surface area contributed by atoms with Gasteiger partial charge >= 0.3 is 0 Å². The number of para-hydroxylation sites is 1. The number of hydroxylamine groups is 1. The molecule has 0 heterocycles. The van der Waals surface area contributed by atoms with Crippen LogP contribution in [0.25, 0.3) is 0 Å². The van der Waals surface area contributed by atoms with E-state index in [1.54, 1.807) is 48.5 Å². The monoisotopic (exact) mass is 411 g/mol. The molecule has 6 nitrogen and oxygen atoms in total. The Kier molecular flexibility index (Phi) is 6.64. The summed E-state index contributed by atoms with van der Waals surface area (Å²) in [5, 5.41) is 7.84. The van der Waals surface area contributed by atoms with Crippen molar-refractivity contribution >= 4 is 15.7 Å². The number of sulfone groups is 1. The Hall–Kier alpha value is -3.16. The van der Waals surface area contributed by atoms with Gasteiger partial charge in [0.25, 0.3) is 0 Å². The minimum absolute atomic E-state index is 0.0876. The third kappa shape index (κ3) is 5.43. The first-order valence-electron chi connectivity index (χ1n) is 9.03. The lowest BCUT2D eigenvalue weighted by Gasteiger charge is -2.17. The molecule has 2 N–H and O–H groups in total. The maximum absolute atomic E-state index is 13.2. The largest absolute Gasteiger partial charge is 0.457 e. The summed E-state index contributed by atoms with van der Waals surface area (Å²) < 4.78 is 32.0. The van der Waals surface area contributed by atoms with Crippen molar-refractivity contribution in [2.45, 2.75) is 23.0 Å². The van der Waals surface area contributed by atoms with Gasteiger partial charge in [0, 0.05) is 6.42 Å². The highest BCUT2D eigenvalue weighted by atomic mass is 32.2. The SMILES string of the molecule is O=C(CC(Cc1ccccc1)S(=O)(=O)c1ccc(Oc2ccccc2)cc1)NO. The van der Waals surface area contributed by atoms with Crippen molar-refractivity contribution in [2.24, 2.45) is 0 Å². The second-order valence-corrected chi connectivity index (χ2v) is 8.71. The molecule has 0 aliphatic carbocycles. The van der Waals surface area contributed by atoms with E-state index in [1.165, 1.54) is 17.6 Å². The van der Waals surface area contributed by atoms with E-state index < -0.39 is 21.0 Å². The van der Waals surface area contributed by atoms with Gasteiger partial charge in [-0.15, -0.1) is 0 Å². The van der Waals surface area contributed by atoms with Gasteiger partial charge in [-0.3, -0.25) is 10.0 Å². The van der Waals surface area contributed by atoms with Gasteiger partial charge < -0.3 is 4.74 Å². The zero-order valence-electron chi connectivity index (χ0n) is 15.6. The van der Waals surface area contributed by atoms with Crippen molar-refractivity contribution in [1.29, 1.82) is 0 Å². The van der Waals surface area contributed by atoms with E-state index in [0.717, 1.165) is 5.56 Å². The Morgan fingerprint density at radius 1 is 0.862 bits per heavy atom. The van der Waals surface area contributed by atoms with E-state index in [9.17, 15) is 13.2 Å². The molecule has 29 heavy (non-hydrogen) atoms. The molecule has 7 heteroatoms. The molecule has 0 spiro atoms. The number of amides is 1. The number of benzene rings is 3. The predicted molar refractivity (Wildman–Crippen MR) is 109 cm³/mol. The molecule has 0 bridgehead atoms. The van der Waals surface area contributed by atoms with Crippen molar-refractivity contribution in [3.05, 3.63) is 90.5 Å². The molecule has 3 rings (SSSR count). The van der Waals surface area contributed by atoms with E-state index in [1.807, 2.05) is 24.3 Å². The number of hydrogen-bond acceptors (Lipinski definition) is 5. The molecule has 1 unspecified atom stereocenters. The molecule has 3 aromatic rings. The number of carbonyl (C=O) groups is 1. The second kappa shape index (κ2) is 9.36. The van der Waals surface area contributed by atoms with Gasteiger partial charge in [0.1, 0.15) is 11.5 Å². The van der Waals surface area contributed by atoms with Crippen LogP contribution in [0.2, 0.25) is 0 Å². The summed E-state index contributed by atoms with van der Waals surface area (Å²) in [5.74, 6) is 0.395. The summed E-state index contributed by atoms with van der Waals surface area (Å²) in [6.45, 7) is 0. The summed E-state index contributed by atoms with van der Waals surface area (Å²) in [6.07, 6.45) is -0.200. The minimum atomic E-state index is -3.82. The van der Waals surface area contributed by atoms with Gasteiger partial charge in [0.2, 0.25) is 5.91 Å². The molecule has 1 atom stereocenters. The molecule has 0 radical (unpaired) electrons. The van der Waals surface area contributed by atoms with Crippen molar-refractivity contribution in [1.82, 2.24) is 5.48 Å². The fourth-order valence-corrected chi connectivity index (χ4v) is 4.62. The lowest BCUT2D eigenvalue weighted by molar-refractivity contribution is -0.129. The van der Waals surface area contributed by atoms with Crippen LogP contribution >= 0.6 is 0 Å². The smallest absolute Gasteiger partial charge is 0.244 e. The van der Waals surface area contributed by atoms with Gasteiger partial charge in [-0.1, -0.05) is 48.5 Å². The Bertz CT molecular complexity index is 1040. The Morgan fingerprint density at radius 2 is 1.41 bits per heavy atom. The molecule has 0 fully saturated rings. The lowest BCUT2D eigenvalue weighted by atomic mass is 10.1.